The van der Waals surface area contributed by atoms with Gasteiger partial charge in [-0.05, 0) is 49.4 Å². The van der Waals surface area contributed by atoms with Gasteiger partial charge >= 0.3 is 0 Å². The first-order valence-electron chi connectivity index (χ1n) is 7.97. The van der Waals surface area contributed by atoms with Gasteiger partial charge in [-0.25, -0.2) is 0 Å². The van der Waals surface area contributed by atoms with E-state index in [9.17, 15) is 0 Å². The quantitative estimate of drug-likeness (QED) is 0.528. The summed E-state index contributed by atoms with van der Waals surface area (Å²) in [5, 5.41) is 0. The topological polar surface area (TPSA) is 0 Å². The smallest absolute Gasteiger partial charge is 0.0352 e. The van der Waals surface area contributed by atoms with Gasteiger partial charge in [0.1, 0.15) is 0 Å². The molecule has 3 saturated carbocycles. The van der Waals surface area contributed by atoms with Crippen LogP contribution in [0.3, 0.4) is 0 Å². The Kier molecular flexibility index (Phi) is 3.54. The first kappa shape index (κ1) is 11.1. The highest BCUT2D eigenvalue weighted by atomic mass is 14.5. The zero-order chi connectivity index (χ0) is 10.8. The molecule has 16 heavy (non-hydrogen) atoms. The van der Waals surface area contributed by atoms with E-state index in [4.69, 9.17) is 0 Å². The number of rotatable bonds is 0. The van der Waals surface area contributed by atoms with Crippen LogP contribution >= 0.6 is 0 Å². The Bertz CT molecular complexity index is 164. The van der Waals surface area contributed by atoms with Crippen LogP contribution in [0, 0.1) is 23.7 Å². The van der Waals surface area contributed by atoms with Crippen LogP contribution in [0.15, 0.2) is 0 Å². The lowest BCUT2D eigenvalue weighted by Crippen LogP contribution is -2.47. The summed E-state index contributed by atoms with van der Waals surface area (Å²) in [6, 6.07) is 0. The summed E-state index contributed by atoms with van der Waals surface area (Å²) in [6.07, 6.45) is 18.7. The second kappa shape index (κ2) is 5.10. The molecule has 0 spiro atoms. The van der Waals surface area contributed by atoms with Crippen molar-refractivity contribution in [2.75, 3.05) is 0 Å². The van der Waals surface area contributed by atoms with Crippen LogP contribution in [0.4, 0.5) is 0 Å². The maximum absolute atomic E-state index is 1.59. The van der Waals surface area contributed by atoms with Crippen molar-refractivity contribution >= 4 is 0 Å². The summed E-state index contributed by atoms with van der Waals surface area (Å²) in [6.45, 7) is 0. The van der Waals surface area contributed by atoms with Gasteiger partial charge in [0.05, 0.1) is 0 Å². The van der Waals surface area contributed by atoms with Gasteiger partial charge in [0, 0.05) is 0 Å². The van der Waals surface area contributed by atoms with Crippen LogP contribution in [0.1, 0.15) is 77.0 Å². The summed E-state index contributed by atoms with van der Waals surface area (Å²) < 4.78 is 0. The van der Waals surface area contributed by atoms with Crippen LogP contribution in [-0.4, -0.2) is 0 Å². The Morgan fingerprint density at radius 3 is 0.812 bits per heavy atom. The molecule has 0 heterocycles. The molecule has 0 aromatic rings. The monoisotopic (exact) mass is 220 g/mol. The fourth-order valence-corrected chi connectivity index (χ4v) is 5.06. The summed E-state index contributed by atoms with van der Waals surface area (Å²) in [4.78, 5) is 0. The lowest BCUT2D eigenvalue weighted by atomic mass is 9.50. The van der Waals surface area contributed by atoms with Crippen LogP contribution in [0.5, 0.6) is 0 Å². The van der Waals surface area contributed by atoms with Gasteiger partial charge in [0.25, 0.3) is 0 Å². The largest absolute Gasteiger partial charge is 0.0533 e. The van der Waals surface area contributed by atoms with Gasteiger partial charge in [-0.1, -0.05) is 51.4 Å². The molecule has 0 aromatic heterocycles. The lowest BCUT2D eigenvalue weighted by molar-refractivity contribution is -0.0558. The third-order valence-corrected chi connectivity index (χ3v) is 5.85. The molecule has 0 unspecified atom stereocenters. The SMILES string of the molecule is C1CCCC2C(CC1)C1CCCCCCC21. The highest BCUT2D eigenvalue weighted by Gasteiger charge is 2.48. The van der Waals surface area contributed by atoms with Gasteiger partial charge in [-0.3, -0.25) is 0 Å². The minimum atomic E-state index is 1.17. The molecule has 3 rings (SSSR count). The van der Waals surface area contributed by atoms with Crippen molar-refractivity contribution in [2.24, 2.45) is 23.7 Å². The minimum Gasteiger partial charge on any atom is -0.0533 e. The zero-order valence-corrected chi connectivity index (χ0v) is 10.8. The lowest BCUT2D eigenvalue weighted by Gasteiger charge is -2.55. The van der Waals surface area contributed by atoms with E-state index >= 15 is 0 Å². The maximum Gasteiger partial charge on any atom is -0.0352 e. The van der Waals surface area contributed by atoms with Crippen molar-refractivity contribution in [2.45, 2.75) is 77.0 Å². The molecule has 3 aliphatic rings. The molecule has 0 saturated heterocycles. The van der Waals surface area contributed by atoms with E-state index in [0.717, 1.165) is 0 Å². The normalized spacial score (nSPS) is 45.0. The molecule has 0 aromatic carbocycles. The molecule has 0 heteroatoms. The Morgan fingerprint density at radius 2 is 0.562 bits per heavy atom. The van der Waals surface area contributed by atoms with Gasteiger partial charge in [0.2, 0.25) is 0 Å². The molecular weight excluding hydrogens is 192 g/mol. The molecular formula is C16H28. The fraction of sp³-hybridized carbons (Fsp3) is 1.00. The van der Waals surface area contributed by atoms with Gasteiger partial charge in [0.15, 0.2) is 0 Å². The predicted molar refractivity (Wildman–Crippen MR) is 69.4 cm³/mol. The Balaban J connectivity index is 1.65. The van der Waals surface area contributed by atoms with E-state index < -0.39 is 0 Å². The number of hydrogen-bond acceptors (Lipinski definition) is 0. The van der Waals surface area contributed by atoms with Crippen molar-refractivity contribution in [1.82, 2.24) is 0 Å². The van der Waals surface area contributed by atoms with E-state index in [1.165, 1.54) is 49.4 Å². The summed E-state index contributed by atoms with van der Waals surface area (Å²) in [5.41, 5.74) is 0. The molecule has 3 fully saturated rings. The van der Waals surface area contributed by atoms with Gasteiger partial charge in [-0.2, -0.15) is 0 Å². The molecule has 3 aliphatic carbocycles. The highest BCUT2D eigenvalue weighted by molar-refractivity contribution is 4.97. The molecule has 0 nitrogen and oxygen atoms in total. The van der Waals surface area contributed by atoms with E-state index in [-0.39, 0.29) is 0 Å². The van der Waals surface area contributed by atoms with Crippen molar-refractivity contribution in [3.63, 3.8) is 0 Å². The molecule has 0 aliphatic heterocycles. The molecule has 0 amide bonds. The van der Waals surface area contributed by atoms with Crippen molar-refractivity contribution in [1.29, 1.82) is 0 Å². The second-order valence-corrected chi connectivity index (χ2v) is 6.64. The summed E-state index contributed by atoms with van der Waals surface area (Å²) in [5.74, 6) is 4.68. The fourth-order valence-electron chi connectivity index (χ4n) is 5.06. The van der Waals surface area contributed by atoms with E-state index in [1.807, 2.05) is 0 Å². The van der Waals surface area contributed by atoms with Crippen molar-refractivity contribution in [3.8, 4) is 0 Å². The molecule has 92 valence electrons. The van der Waals surface area contributed by atoms with Crippen LogP contribution in [0.25, 0.3) is 0 Å². The van der Waals surface area contributed by atoms with E-state index in [2.05, 4.69) is 0 Å². The standard InChI is InChI=1S/C16H28/c1-2-6-10-14-13(9-5-1)15-11-7-3-4-8-12-16(14)15/h13-16H,1-12H2. The zero-order valence-electron chi connectivity index (χ0n) is 10.8. The average Bonchev–Trinajstić information content (AvgIpc) is 2.23. The third-order valence-electron chi connectivity index (χ3n) is 5.85. The molecule has 0 N–H and O–H groups in total. The number of fused-ring (bicyclic) bond motifs is 4. The summed E-state index contributed by atoms with van der Waals surface area (Å²) >= 11 is 0. The number of hydrogen-bond donors (Lipinski definition) is 0. The highest BCUT2D eigenvalue weighted by Crippen LogP contribution is 2.56. The second-order valence-electron chi connectivity index (χ2n) is 6.64. The van der Waals surface area contributed by atoms with Gasteiger partial charge in [-0.15, -0.1) is 0 Å². The molecule has 0 bridgehead atoms. The van der Waals surface area contributed by atoms with Gasteiger partial charge < -0.3 is 0 Å². The Labute approximate surface area is 101 Å². The van der Waals surface area contributed by atoms with E-state index in [1.54, 1.807) is 51.4 Å². The minimum absolute atomic E-state index is 1.17. The predicted octanol–water partition coefficient (Wildman–Crippen LogP) is 5.17. The first-order valence-corrected chi connectivity index (χ1v) is 7.97. The van der Waals surface area contributed by atoms with Crippen LogP contribution in [-0.2, 0) is 0 Å². The van der Waals surface area contributed by atoms with Crippen LogP contribution in [0.2, 0.25) is 0 Å². The van der Waals surface area contributed by atoms with Crippen molar-refractivity contribution in [3.05, 3.63) is 0 Å². The Morgan fingerprint density at radius 1 is 0.312 bits per heavy atom. The molecule has 0 atom stereocenters. The van der Waals surface area contributed by atoms with Crippen LogP contribution < -0.4 is 0 Å². The van der Waals surface area contributed by atoms with Crippen molar-refractivity contribution < 1.29 is 0 Å². The third kappa shape index (κ3) is 2.05. The Hall–Kier alpha value is 0. The van der Waals surface area contributed by atoms with E-state index in [0.29, 0.717) is 0 Å². The first-order chi connectivity index (χ1) is 7.97. The average molecular weight is 220 g/mol. The maximum atomic E-state index is 1.59. The molecule has 0 radical (unpaired) electrons. The summed E-state index contributed by atoms with van der Waals surface area (Å²) in [7, 11) is 0.